The van der Waals surface area contributed by atoms with Crippen molar-refractivity contribution in [3.8, 4) is 0 Å². The lowest BCUT2D eigenvalue weighted by molar-refractivity contribution is -0.118. The van der Waals surface area contributed by atoms with Crippen molar-refractivity contribution < 1.29 is 4.79 Å². The maximum atomic E-state index is 11.7. The van der Waals surface area contributed by atoms with Gasteiger partial charge in [-0.2, -0.15) is 0 Å². The van der Waals surface area contributed by atoms with Crippen molar-refractivity contribution in [3.63, 3.8) is 0 Å². The molecule has 1 heterocycles. The number of anilines is 1. The number of carbonyl (C=O) groups is 1. The Labute approximate surface area is 116 Å². The number of benzene rings is 1. The van der Waals surface area contributed by atoms with Gasteiger partial charge in [0.2, 0.25) is 5.91 Å². The zero-order valence-corrected chi connectivity index (χ0v) is 12.2. The van der Waals surface area contributed by atoms with Crippen molar-refractivity contribution in [3.05, 3.63) is 29.3 Å². The van der Waals surface area contributed by atoms with Crippen LogP contribution in [0, 0.1) is 0 Å². The zero-order chi connectivity index (χ0) is 13.8. The first-order valence-corrected chi connectivity index (χ1v) is 7.24. The summed E-state index contributed by atoms with van der Waals surface area (Å²) in [6.45, 7) is 2.22. The predicted molar refractivity (Wildman–Crippen MR) is 79.5 cm³/mol. The molecule has 0 bridgehead atoms. The number of carbonyl (C=O) groups excluding carboxylic acids is 1. The van der Waals surface area contributed by atoms with Crippen LogP contribution in [0.15, 0.2) is 18.2 Å². The van der Waals surface area contributed by atoms with Gasteiger partial charge in [0.25, 0.3) is 0 Å². The highest BCUT2D eigenvalue weighted by molar-refractivity contribution is 5.95. The molecule has 0 aliphatic carbocycles. The van der Waals surface area contributed by atoms with Gasteiger partial charge in [0.15, 0.2) is 0 Å². The molecule has 2 rings (SSSR count). The quantitative estimate of drug-likeness (QED) is 0.882. The van der Waals surface area contributed by atoms with Crippen LogP contribution in [0.5, 0.6) is 0 Å². The van der Waals surface area contributed by atoms with Crippen molar-refractivity contribution in [2.75, 3.05) is 19.0 Å². The molecule has 104 valence electrons. The number of hydrogen-bond acceptors (Lipinski definition) is 2. The number of rotatable bonds is 5. The molecule has 1 aliphatic heterocycles. The summed E-state index contributed by atoms with van der Waals surface area (Å²) in [5.41, 5.74) is 3.72. The van der Waals surface area contributed by atoms with E-state index in [0.29, 0.717) is 12.5 Å². The summed E-state index contributed by atoms with van der Waals surface area (Å²) in [4.78, 5) is 13.5. The third-order valence-electron chi connectivity index (χ3n) is 4.04. The Morgan fingerprint density at radius 1 is 1.37 bits per heavy atom. The molecule has 1 aromatic carbocycles. The van der Waals surface area contributed by atoms with E-state index < -0.39 is 0 Å². The first-order chi connectivity index (χ1) is 9.17. The van der Waals surface area contributed by atoms with Crippen LogP contribution >= 0.6 is 0 Å². The van der Waals surface area contributed by atoms with Crippen LogP contribution in [0.2, 0.25) is 0 Å². The molecule has 3 heteroatoms. The Morgan fingerprint density at radius 2 is 2.16 bits per heavy atom. The fourth-order valence-electron chi connectivity index (χ4n) is 2.78. The summed E-state index contributed by atoms with van der Waals surface area (Å²) in [7, 11) is 3.89. The van der Waals surface area contributed by atoms with Crippen LogP contribution in [0.4, 0.5) is 5.69 Å². The Hall–Kier alpha value is -1.35. The minimum absolute atomic E-state index is 0.219. The first-order valence-electron chi connectivity index (χ1n) is 7.24. The van der Waals surface area contributed by atoms with E-state index in [2.05, 4.69) is 30.4 Å². The van der Waals surface area contributed by atoms with Crippen LogP contribution in [0.25, 0.3) is 0 Å². The van der Waals surface area contributed by atoms with Gasteiger partial charge in [-0.1, -0.05) is 31.9 Å². The highest BCUT2D eigenvalue weighted by Crippen LogP contribution is 2.30. The molecule has 19 heavy (non-hydrogen) atoms. The van der Waals surface area contributed by atoms with Gasteiger partial charge in [0.1, 0.15) is 0 Å². The monoisotopic (exact) mass is 260 g/mol. The van der Waals surface area contributed by atoms with Gasteiger partial charge in [-0.05, 0) is 37.1 Å². The van der Waals surface area contributed by atoms with Crippen LogP contribution in [-0.2, 0) is 11.2 Å². The van der Waals surface area contributed by atoms with Crippen LogP contribution in [-0.4, -0.2) is 20.0 Å². The van der Waals surface area contributed by atoms with Crippen molar-refractivity contribution in [2.45, 2.75) is 45.1 Å². The second-order valence-electron chi connectivity index (χ2n) is 5.32. The fourth-order valence-corrected chi connectivity index (χ4v) is 2.78. The summed E-state index contributed by atoms with van der Waals surface area (Å²) in [5.74, 6) is 0.219. The number of aryl methyl sites for hydroxylation is 1. The summed E-state index contributed by atoms with van der Waals surface area (Å²) < 4.78 is 0. The number of fused-ring (bicyclic) bond motifs is 1. The maximum Gasteiger partial charge on any atom is 0.227 e. The lowest BCUT2D eigenvalue weighted by Gasteiger charge is -2.27. The molecule has 0 fully saturated rings. The topological polar surface area (TPSA) is 32.3 Å². The summed E-state index contributed by atoms with van der Waals surface area (Å²) in [5, 5.41) is 3.40. The van der Waals surface area contributed by atoms with Crippen LogP contribution < -0.4 is 10.2 Å². The smallest absolute Gasteiger partial charge is 0.227 e. The van der Waals surface area contributed by atoms with E-state index >= 15 is 0 Å². The van der Waals surface area contributed by atoms with E-state index in [9.17, 15) is 4.79 Å². The normalized spacial score (nSPS) is 16.4. The van der Waals surface area contributed by atoms with Gasteiger partial charge in [-0.15, -0.1) is 0 Å². The van der Waals surface area contributed by atoms with Gasteiger partial charge in [-0.25, -0.2) is 0 Å². The van der Waals surface area contributed by atoms with E-state index in [-0.39, 0.29) is 5.91 Å². The Kier molecular flexibility index (Phi) is 4.59. The van der Waals surface area contributed by atoms with Crippen LogP contribution in [0.1, 0.15) is 49.8 Å². The van der Waals surface area contributed by atoms with Gasteiger partial charge >= 0.3 is 0 Å². The van der Waals surface area contributed by atoms with E-state index in [1.165, 1.54) is 30.4 Å². The lowest BCUT2D eigenvalue weighted by Crippen LogP contribution is -2.31. The molecule has 1 atom stereocenters. The molecule has 1 unspecified atom stereocenters. The fraction of sp³-hybridized carbons (Fsp3) is 0.562. The Bertz CT molecular complexity index is 456. The molecule has 1 aromatic rings. The lowest BCUT2D eigenvalue weighted by atomic mass is 9.94. The van der Waals surface area contributed by atoms with Crippen molar-refractivity contribution >= 4 is 11.6 Å². The van der Waals surface area contributed by atoms with Gasteiger partial charge < -0.3 is 10.2 Å². The number of nitrogens with zero attached hydrogens (tertiary/aromatic N) is 1. The largest absolute Gasteiger partial charge is 0.315 e. The molecule has 0 radical (unpaired) electrons. The summed E-state index contributed by atoms with van der Waals surface area (Å²) in [6, 6.07) is 6.95. The van der Waals surface area contributed by atoms with E-state index in [0.717, 1.165) is 12.1 Å². The molecular weight excluding hydrogens is 236 g/mol. The molecule has 0 saturated carbocycles. The third kappa shape index (κ3) is 2.98. The van der Waals surface area contributed by atoms with E-state index in [1.807, 2.05) is 14.1 Å². The maximum absolute atomic E-state index is 11.7. The van der Waals surface area contributed by atoms with E-state index in [4.69, 9.17) is 0 Å². The molecule has 0 spiro atoms. The number of nitrogens with one attached hydrogen (secondary N) is 1. The molecule has 3 nitrogen and oxygen atoms in total. The minimum Gasteiger partial charge on any atom is -0.315 e. The summed E-state index contributed by atoms with van der Waals surface area (Å²) in [6.07, 6.45) is 5.13. The van der Waals surface area contributed by atoms with Crippen molar-refractivity contribution in [1.82, 2.24) is 5.32 Å². The number of amides is 1. The van der Waals surface area contributed by atoms with Crippen molar-refractivity contribution in [2.24, 2.45) is 0 Å². The summed E-state index contributed by atoms with van der Waals surface area (Å²) >= 11 is 0. The molecular formula is C16H24N2O. The first kappa shape index (κ1) is 14.1. The Balaban J connectivity index is 2.23. The standard InChI is InChI=1S/C16H24N2O/c1-4-5-6-14(17-2)12-7-9-15-13(11-12)8-10-16(19)18(15)3/h7,9,11,14,17H,4-6,8,10H2,1-3H3. The molecule has 1 N–H and O–H groups in total. The number of unbranched alkanes of at least 4 members (excludes halogenated alkanes) is 1. The van der Waals surface area contributed by atoms with Gasteiger partial charge in [0.05, 0.1) is 0 Å². The molecule has 0 aromatic heterocycles. The second kappa shape index (κ2) is 6.20. The van der Waals surface area contributed by atoms with Gasteiger partial charge in [0, 0.05) is 25.2 Å². The zero-order valence-electron chi connectivity index (χ0n) is 12.2. The van der Waals surface area contributed by atoms with E-state index in [1.54, 1.807) is 4.90 Å². The highest BCUT2D eigenvalue weighted by atomic mass is 16.2. The minimum atomic E-state index is 0.219. The average molecular weight is 260 g/mol. The average Bonchev–Trinajstić information content (AvgIpc) is 2.44. The third-order valence-corrected chi connectivity index (χ3v) is 4.04. The van der Waals surface area contributed by atoms with Crippen molar-refractivity contribution in [1.29, 1.82) is 0 Å². The second-order valence-corrected chi connectivity index (χ2v) is 5.32. The van der Waals surface area contributed by atoms with Crippen LogP contribution in [0.3, 0.4) is 0 Å². The number of hydrogen-bond donors (Lipinski definition) is 1. The molecule has 0 saturated heterocycles. The molecule has 1 amide bonds. The predicted octanol–water partition coefficient (Wildman–Crippen LogP) is 3.05. The SMILES string of the molecule is CCCCC(NC)c1ccc2c(c1)CCC(=O)N2C. The van der Waals surface area contributed by atoms with Gasteiger partial charge in [-0.3, -0.25) is 4.79 Å². The Morgan fingerprint density at radius 3 is 2.84 bits per heavy atom. The highest BCUT2D eigenvalue weighted by Gasteiger charge is 2.21. The molecule has 1 aliphatic rings.